The zero-order valence-corrected chi connectivity index (χ0v) is 9.59. The van der Waals surface area contributed by atoms with Crippen molar-refractivity contribution in [3.63, 3.8) is 0 Å². The summed E-state index contributed by atoms with van der Waals surface area (Å²) in [4.78, 5) is 8.34. The van der Waals surface area contributed by atoms with Gasteiger partial charge in [-0.2, -0.15) is 0 Å². The molecule has 0 unspecified atom stereocenters. The number of benzene rings is 1. The molecule has 0 radical (unpaired) electrons. The number of anilines is 1. The van der Waals surface area contributed by atoms with Gasteiger partial charge in [0.2, 0.25) is 5.95 Å². The molecule has 0 bridgehead atoms. The minimum absolute atomic E-state index is 0.440. The quantitative estimate of drug-likeness (QED) is 0.670. The van der Waals surface area contributed by atoms with Gasteiger partial charge in [0.15, 0.2) is 0 Å². The second-order valence-corrected chi connectivity index (χ2v) is 4.02. The van der Waals surface area contributed by atoms with E-state index >= 15 is 0 Å². The van der Waals surface area contributed by atoms with Crippen LogP contribution in [0.4, 0.5) is 5.95 Å². The maximum atomic E-state index is 5.91. The molecule has 2 aromatic heterocycles. The summed E-state index contributed by atoms with van der Waals surface area (Å²) in [5.74, 6) is 0.440. The standard InChI is InChI=1S/C12H9ClN4/c13-11-6-5-8(7-15-11)17-10-4-2-1-3-9(10)16-12(17)14/h1-7H,(H2,14,16). The van der Waals surface area contributed by atoms with Crippen molar-refractivity contribution >= 4 is 28.6 Å². The molecule has 0 fully saturated rings. The van der Waals surface area contributed by atoms with Crippen molar-refractivity contribution in [2.24, 2.45) is 0 Å². The number of imidazole rings is 1. The highest BCUT2D eigenvalue weighted by molar-refractivity contribution is 6.29. The third-order valence-corrected chi connectivity index (χ3v) is 2.78. The highest BCUT2D eigenvalue weighted by Gasteiger charge is 2.09. The predicted molar refractivity (Wildman–Crippen MR) is 68.3 cm³/mol. The van der Waals surface area contributed by atoms with Crippen molar-refractivity contribution in [1.82, 2.24) is 14.5 Å². The van der Waals surface area contributed by atoms with Gasteiger partial charge in [0, 0.05) is 0 Å². The summed E-state index contributed by atoms with van der Waals surface area (Å²) < 4.78 is 1.85. The summed E-state index contributed by atoms with van der Waals surface area (Å²) >= 11 is 5.76. The van der Waals surface area contributed by atoms with Crippen LogP contribution in [-0.2, 0) is 0 Å². The first kappa shape index (κ1) is 10.1. The van der Waals surface area contributed by atoms with Gasteiger partial charge in [-0.1, -0.05) is 23.7 Å². The Kier molecular flexibility index (Phi) is 2.23. The van der Waals surface area contributed by atoms with E-state index in [-0.39, 0.29) is 0 Å². The molecule has 0 aliphatic carbocycles. The van der Waals surface area contributed by atoms with E-state index < -0.39 is 0 Å². The van der Waals surface area contributed by atoms with Gasteiger partial charge in [0.05, 0.1) is 22.9 Å². The number of aromatic nitrogens is 3. The molecule has 4 nitrogen and oxygen atoms in total. The second kappa shape index (κ2) is 3.75. The van der Waals surface area contributed by atoms with Crippen LogP contribution in [0.2, 0.25) is 5.15 Å². The highest BCUT2D eigenvalue weighted by Crippen LogP contribution is 2.22. The molecule has 3 rings (SSSR count). The molecule has 5 heteroatoms. The van der Waals surface area contributed by atoms with Gasteiger partial charge in [0.1, 0.15) is 5.15 Å². The molecule has 0 aliphatic rings. The SMILES string of the molecule is Nc1nc2ccccc2n1-c1ccc(Cl)nc1. The average Bonchev–Trinajstić information content (AvgIpc) is 2.66. The van der Waals surface area contributed by atoms with Gasteiger partial charge in [0.25, 0.3) is 0 Å². The Balaban J connectivity index is 2.29. The number of fused-ring (bicyclic) bond motifs is 1. The molecule has 2 N–H and O–H groups in total. The lowest BCUT2D eigenvalue weighted by Gasteiger charge is -2.05. The number of nitrogens with zero attached hydrogens (tertiary/aromatic N) is 3. The van der Waals surface area contributed by atoms with Crippen LogP contribution < -0.4 is 5.73 Å². The van der Waals surface area contributed by atoms with Crippen LogP contribution in [0.3, 0.4) is 0 Å². The number of para-hydroxylation sites is 2. The fourth-order valence-corrected chi connectivity index (χ4v) is 1.93. The zero-order chi connectivity index (χ0) is 11.8. The molecule has 84 valence electrons. The number of pyridine rings is 1. The smallest absolute Gasteiger partial charge is 0.205 e. The van der Waals surface area contributed by atoms with Gasteiger partial charge in [-0.3, -0.25) is 4.57 Å². The van der Waals surface area contributed by atoms with Crippen molar-refractivity contribution < 1.29 is 0 Å². The Bertz CT molecular complexity index is 673. The maximum absolute atomic E-state index is 5.91. The summed E-state index contributed by atoms with van der Waals surface area (Å²) in [5, 5.41) is 0.455. The normalized spacial score (nSPS) is 10.9. The van der Waals surface area contributed by atoms with Crippen LogP contribution in [0, 0.1) is 0 Å². The van der Waals surface area contributed by atoms with Crippen molar-refractivity contribution in [1.29, 1.82) is 0 Å². The number of hydrogen-bond acceptors (Lipinski definition) is 3. The lowest BCUT2D eigenvalue weighted by atomic mass is 10.3. The molecule has 0 amide bonds. The van der Waals surface area contributed by atoms with Gasteiger partial charge in [-0.15, -0.1) is 0 Å². The van der Waals surface area contributed by atoms with E-state index in [4.69, 9.17) is 17.3 Å². The zero-order valence-electron chi connectivity index (χ0n) is 8.84. The fourth-order valence-electron chi connectivity index (χ4n) is 1.82. The Labute approximate surface area is 103 Å². The van der Waals surface area contributed by atoms with Crippen LogP contribution >= 0.6 is 11.6 Å². The van der Waals surface area contributed by atoms with Crippen molar-refractivity contribution in [3.8, 4) is 5.69 Å². The van der Waals surface area contributed by atoms with Gasteiger partial charge in [-0.05, 0) is 24.3 Å². The van der Waals surface area contributed by atoms with Crippen LogP contribution in [0.1, 0.15) is 0 Å². The van der Waals surface area contributed by atoms with Crippen LogP contribution in [-0.4, -0.2) is 14.5 Å². The van der Waals surface area contributed by atoms with Crippen molar-refractivity contribution in [2.45, 2.75) is 0 Å². The number of nitrogens with two attached hydrogens (primary N) is 1. The highest BCUT2D eigenvalue weighted by atomic mass is 35.5. The van der Waals surface area contributed by atoms with E-state index in [0.29, 0.717) is 11.1 Å². The monoisotopic (exact) mass is 244 g/mol. The fraction of sp³-hybridized carbons (Fsp3) is 0. The number of halogens is 1. The largest absolute Gasteiger partial charge is 0.369 e. The van der Waals surface area contributed by atoms with Crippen molar-refractivity contribution in [2.75, 3.05) is 5.73 Å². The van der Waals surface area contributed by atoms with E-state index in [0.717, 1.165) is 16.7 Å². The summed E-state index contributed by atoms with van der Waals surface area (Å²) in [6, 6.07) is 11.4. The first-order valence-corrected chi connectivity index (χ1v) is 5.48. The molecule has 17 heavy (non-hydrogen) atoms. The molecule has 2 heterocycles. The Hall–Kier alpha value is -2.07. The van der Waals surface area contributed by atoms with Crippen LogP contribution in [0.5, 0.6) is 0 Å². The number of nitrogen functional groups attached to an aromatic ring is 1. The molecule has 0 saturated carbocycles. The Morgan fingerprint density at radius 1 is 1.12 bits per heavy atom. The van der Waals surface area contributed by atoms with E-state index in [1.165, 1.54) is 0 Å². The molecular weight excluding hydrogens is 236 g/mol. The molecular formula is C12H9ClN4. The topological polar surface area (TPSA) is 56.7 Å². The third-order valence-electron chi connectivity index (χ3n) is 2.56. The maximum Gasteiger partial charge on any atom is 0.205 e. The van der Waals surface area contributed by atoms with Gasteiger partial charge in [-0.25, -0.2) is 9.97 Å². The molecule has 1 aromatic carbocycles. The van der Waals surface area contributed by atoms with Gasteiger partial charge < -0.3 is 5.73 Å². The van der Waals surface area contributed by atoms with Gasteiger partial charge >= 0.3 is 0 Å². The summed E-state index contributed by atoms with van der Waals surface area (Å²) in [7, 11) is 0. The predicted octanol–water partition coefficient (Wildman–Crippen LogP) is 2.66. The molecule has 0 aliphatic heterocycles. The first-order chi connectivity index (χ1) is 8.25. The molecule has 0 atom stereocenters. The Morgan fingerprint density at radius 3 is 2.71 bits per heavy atom. The minimum atomic E-state index is 0.440. The van der Waals surface area contributed by atoms with E-state index in [9.17, 15) is 0 Å². The number of rotatable bonds is 1. The molecule has 0 spiro atoms. The number of hydrogen-bond donors (Lipinski definition) is 1. The summed E-state index contributed by atoms with van der Waals surface area (Å²) in [5.41, 5.74) is 8.58. The van der Waals surface area contributed by atoms with Crippen LogP contribution in [0.15, 0.2) is 42.6 Å². The second-order valence-electron chi connectivity index (χ2n) is 3.63. The lowest BCUT2D eigenvalue weighted by molar-refractivity contribution is 1.09. The lowest BCUT2D eigenvalue weighted by Crippen LogP contribution is -2.00. The minimum Gasteiger partial charge on any atom is -0.369 e. The van der Waals surface area contributed by atoms with E-state index in [1.54, 1.807) is 12.3 Å². The van der Waals surface area contributed by atoms with Crippen molar-refractivity contribution in [3.05, 3.63) is 47.7 Å². The third kappa shape index (κ3) is 1.62. The first-order valence-electron chi connectivity index (χ1n) is 5.10. The van der Waals surface area contributed by atoms with E-state index in [1.807, 2.05) is 34.9 Å². The molecule has 0 saturated heterocycles. The molecule has 3 aromatic rings. The summed E-state index contributed by atoms with van der Waals surface area (Å²) in [6.07, 6.45) is 1.67. The average molecular weight is 245 g/mol. The summed E-state index contributed by atoms with van der Waals surface area (Å²) in [6.45, 7) is 0. The van der Waals surface area contributed by atoms with E-state index in [2.05, 4.69) is 9.97 Å². The Morgan fingerprint density at radius 2 is 1.94 bits per heavy atom. The van der Waals surface area contributed by atoms with Crippen LogP contribution in [0.25, 0.3) is 16.7 Å².